The highest BCUT2D eigenvalue weighted by Gasteiger charge is 2.21. The van der Waals surface area contributed by atoms with Crippen molar-refractivity contribution in [1.82, 2.24) is 0 Å². The summed E-state index contributed by atoms with van der Waals surface area (Å²) in [5.41, 5.74) is 1.92. The van der Waals surface area contributed by atoms with Crippen molar-refractivity contribution in [2.75, 3.05) is 4.72 Å². The number of carboxylic acids is 1. The molecule has 0 amide bonds. The number of hydrogen-bond acceptors (Lipinski definition) is 3. The Morgan fingerprint density at radius 3 is 2.42 bits per heavy atom. The number of rotatable bonds is 6. The number of aryl methyl sites for hydroxylation is 1. The first kappa shape index (κ1) is 18.0. The lowest BCUT2D eigenvalue weighted by Gasteiger charge is -2.16. The number of aromatic carboxylic acids is 1. The Balaban J connectivity index is 2.52. The molecule has 6 heteroatoms. The van der Waals surface area contributed by atoms with E-state index in [1.807, 2.05) is 32.9 Å². The maximum atomic E-state index is 12.8. The van der Waals surface area contributed by atoms with Crippen LogP contribution in [0.3, 0.4) is 0 Å². The first-order valence-electron chi connectivity index (χ1n) is 7.74. The molecule has 0 heterocycles. The average molecular weight is 347 g/mol. The summed E-state index contributed by atoms with van der Waals surface area (Å²) in [6.07, 6.45) is 0.488. The van der Waals surface area contributed by atoms with Crippen LogP contribution in [0.2, 0.25) is 0 Å². The summed E-state index contributed by atoms with van der Waals surface area (Å²) < 4.78 is 28.3. The van der Waals surface area contributed by atoms with E-state index in [-0.39, 0.29) is 16.4 Å². The molecule has 2 N–H and O–H groups in total. The molecule has 0 aliphatic rings. The smallest absolute Gasteiger partial charge is 0.335 e. The lowest BCUT2D eigenvalue weighted by molar-refractivity contribution is 0.0696. The molecule has 24 heavy (non-hydrogen) atoms. The van der Waals surface area contributed by atoms with Crippen molar-refractivity contribution in [3.63, 3.8) is 0 Å². The molecule has 0 bridgehead atoms. The van der Waals surface area contributed by atoms with Gasteiger partial charge >= 0.3 is 5.97 Å². The molecule has 0 unspecified atom stereocenters. The fourth-order valence-electron chi connectivity index (χ4n) is 2.52. The van der Waals surface area contributed by atoms with E-state index < -0.39 is 16.0 Å². The van der Waals surface area contributed by atoms with Gasteiger partial charge < -0.3 is 5.11 Å². The van der Waals surface area contributed by atoms with Crippen molar-refractivity contribution in [2.24, 2.45) is 0 Å². The van der Waals surface area contributed by atoms with Crippen LogP contribution in [0.25, 0.3) is 0 Å². The second-order valence-electron chi connectivity index (χ2n) is 5.83. The van der Waals surface area contributed by atoms with Gasteiger partial charge in [-0.05, 0) is 41.7 Å². The third-order valence-electron chi connectivity index (χ3n) is 3.81. The minimum absolute atomic E-state index is 0.00320. The number of benzene rings is 2. The van der Waals surface area contributed by atoms with Gasteiger partial charge in [-0.2, -0.15) is 0 Å². The fourth-order valence-corrected chi connectivity index (χ4v) is 3.95. The van der Waals surface area contributed by atoms with Crippen LogP contribution in [0.5, 0.6) is 0 Å². The Bertz CT molecular complexity index is 857. The Kier molecular flexibility index (Phi) is 5.29. The highest BCUT2D eigenvalue weighted by atomic mass is 32.2. The second-order valence-corrected chi connectivity index (χ2v) is 7.48. The van der Waals surface area contributed by atoms with Gasteiger partial charge in [0.05, 0.1) is 16.1 Å². The standard InChI is InChI=1S/C18H21NO4S/c1-4-13-9-10-14(18(20)21)11-17(13)24(22,23)19-16-8-6-5-7-15(16)12(2)3/h5-12,19H,4H2,1-3H3,(H,20,21). The normalized spacial score (nSPS) is 11.5. The van der Waals surface area contributed by atoms with Gasteiger partial charge in [-0.25, -0.2) is 13.2 Å². The molecular weight excluding hydrogens is 326 g/mol. The molecule has 0 saturated heterocycles. The lowest BCUT2D eigenvalue weighted by Crippen LogP contribution is -2.17. The first-order chi connectivity index (χ1) is 11.3. The molecule has 2 rings (SSSR count). The number of nitrogens with one attached hydrogen (secondary N) is 1. The van der Waals surface area contributed by atoms with Crippen molar-refractivity contribution in [1.29, 1.82) is 0 Å². The number of carbonyl (C=O) groups is 1. The van der Waals surface area contributed by atoms with Crippen molar-refractivity contribution >= 4 is 21.7 Å². The lowest BCUT2D eigenvalue weighted by atomic mass is 10.0. The van der Waals surface area contributed by atoms with Crippen LogP contribution in [-0.2, 0) is 16.4 Å². The van der Waals surface area contributed by atoms with E-state index in [2.05, 4.69) is 4.72 Å². The van der Waals surface area contributed by atoms with Crippen LogP contribution < -0.4 is 4.72 Å². The fraction of sp³-hybridized carbons (Fsp3) is 0.278. The quantitative estimate of drug-likeness (QED) is 0.831. The topological polar surface area (TPSA) is 83.5 Å². The third-order valence-corrected chi connectivity index (χ3v) is 5.26. The van der Waals surface area contributed by atoms with Crippen molar-refractivity contribution < 1.29 is 18.3 Å². The summed E-state index contributed by atoms with van der Waals surface area (Å²) in [5, 5.41) is 9.13. The largest absolute Gasteiger partial charge is 0.478 e. The molecule has 0 atom stereocenters. The van der Waals surface area contributed by atoms with E-state index in [9.17, 15) is 13.2 Å². The molecule has 5 nitrogen and oxygen atoms in total. The van der Waals surface area contributed by atoms with Gasteiger partial charge in [0.2, 0.25) is 0 Å². The summed E-state index contributed by atoms with van der Waals surface area (Å²) in [4.78, 5) is 11.2. The summed E-state index contributed by atoms with van der Waals surface area (Å²) in [7, 11) is -3.88. The van der Waals surface area contributed by atoms with Gasteiger partial charge in [0.1, 0.15) is 0 Å². The zero-order chi connectivity index (χ0) is 17.9. The molecular formula is C18H21NO4S. The predicted octanol–water partition coefficient (Wildman–Crippen LogP) is 3.87. The first-order valence-corrected chi connectivity index (χ1v) is 9.22. The van der Waals surface area contributed by atoms with Crippen LogP contribution >= 0.6 is 0 Å². The van der Waals surface area contributed by atoms with E-state index in [4.69, 9.17) is 5.11 Å². The number of hydrogen-bond donors (Lipinski definition) is 2. The number of carboxylic acid groups (broad SMARTS) is 1. The van der Waals surface area contributed by atoms with E-state index >= 15 is 0 Å². The molecule has 0 aliphatic heterocycles. The molecule has 0 aliphatic carbocycles. The summed E-state index contributed by atoms with van der Waals surface area (Å²) in [6, 6.07) is 11.4. The van der Waals surface area contributed by atoms with Gasteiger partial charge in [-0.1, -0.05) is 45.0 Å². The van der Waals surface area contributed by atoms with Crippen LogP contribution in [0.15, 0.2) is 47.4 Å². The van der Waals surface area contributed by atoms with Gasteiger partial charge in [-0.15, -0.1) is 0 Å². The Morgan fingerprint density at radius 2 is 1.83 bits per heavy atom. The maximum absolute atomic E-state index is 12.8. The zero-order valence-electron chi connectivity index (χ0n) is 13.9. The zero-order valence-corrected chi connectivity index (χ0v) is 14.7. The van der Waals surface area contributed by atoms with Gasteiger partial charge in [-0.3, -0.25) is 4.72 Å². The van der Waals surface area contributed by atoms with Crippen molar-refractivity contribution in [3.05, 3.63) is 59.2 Å². The minimum Gasteiger partial charge on any atom is -0.478 e. The van der Waals surface area contributed by atoms with Gasteiger partial charge in [0.25, 0.3) is 10.0 Å². The summed E-state index contributed by atoms with van der Waals surface area (Å²) in [6.45, 7) is 5.79. The molecule has 2 aromatic rings. The third kappa shape index (κ3) is 3.76. The van der Waals surface area contributed by atoms with Crippen molar-refractivity contribution in [3.8, 4) is 0 Å². The van der Waals surface area contributed by atoms with E-state index in [0.717, 1.165) is 5.56 Å². The maximum Gasteiger partial charge on any atom is 0.335 e. The Hall–Kier alpha value is -2.34. The molecule has 0 radical (unpaired) electrons. The van der Waals surface area contributed by atoms with Gasteiger partial charge in [0, 0.05) is 0 Å². The van der Waals surface area contributed by atoms with Crippen LogP contribution in [0.4, 0.5) is 5.69 Å². The second kappa shape index (κ2) is 7.05. The number of sulfonamides is 1. The molecule has 0 saturated carbocycles. The molecule has 0 fully saturated rings. The molecule has 2 aromatic carbocycles. The van der Waals surface area contributed by atoms with Crippen LogP contribution in [0, 0.1) is 0 Å². The van der Waals surface area contributed by atoms with Crippen LogP contribution in [0.1, 0.15) is 48.2 Å². The molecule has 0 spiro atoms. The highest BCUT2D eigenvalue weighted by Crippen LogP contribution is 2.27. The van der Waals surface area contributed by atoms with E-state index in [1.54, 1.807) is 18.2 Å². The minimum atomic E-state index is -3.88. The molecule has 0 aromatic heterocycles. The van der Waals surface area contributed by atoms with E-state index in [1.165, 1.54) is 12.1 Å². The summed E-state index contributed by atoms with van der Waals surface area (Å²) >= 11 is 0. The van der Waals surface area contributed by atoms with Gasteiger partial charge in [0.15, 0.2) is 0 Å². The Labute approximate surface area is 142 Å². The summed E-state index contributed by atoms with van der Waals surface area (Å²) in [5.74, 6) is -1.00. The van der Waals surface area contributed by atoms with Crippen LogP contribution in [-0.4, -0.2) is 19.5 Å². The molecule has 128 valence electrons. The monoisotopic (exact) mass is 347 g/mol. The van der Waals surface area contributed by atoms with Crippen molar-refractivity contribution in [2.45, 2.75) is 38.0 Å². The van der Waals surface area contributed by atoms with E-state index in [0.29, 0.717) is 17.7 Å². The Morgan fingerprint density at radius 1 is 1.17 bits per heavy atom. The number of para-hydroxylation sites is 1. The SMILES string of the molecule is CCc1ccc(C(=O)O)cc1S(=O)(=O)Nc1ccccc1C(C)C. The average Bonchev–Trinajstić information content (AvgIpc) is 2.54. The predicted molar refractivity (Wildman–Crippen MR) is 94.1 cm³/mol. The number of anilines is 1. The highest BCUT2D eigenvalue weighted by molar-refractivity contribution is 7.92.